The van der Waals surface area contributed by atoms with E-state index in [2.05, 4.69) is 4.98 Å². The molecule has 120 valence electrons. The first-order chi connectivity index (χ1) is 11.1. The summed E-state index contributed by atoms with van der Waals surface area (Å²) in [4.78, 5) is 3.47. The number of benzene rings is 2. The van der Waals surface area contributed by atoms with Gasteiger partial charge in [0.15, 0.2) is 0 Å². The van der Waals surface area contributed by atoms with Crippen LogP contribution in [0.25, 0.3) is 22.2 Å². The fourth-order valence-electron chi connectivity index (χ4n) is 2.84. The van der Waals surface area contributed by atoms with Gasteiger partial charge in [0, 0.05) is 31.5 Å². The van der Waals surface area contributed by atoms with Gasteiger partial charge < -0.3 is 10.7 Å². The van der Waals surface area contributed by atoms with Crippen LogP contribution in [-0.2, 0) is 6.42 Å². The number of hydrogen-bond acceptors (Lipinski definition) is 1. The van der Waals surface area contributed by atoms with Crippen molar-refractivity contribution < 1.29 is 0 Å². The van der Waals surface area contributed by atoms with E-state index in [9.17, 15) is 0 Å². The lowest BCUT2D eigenvalue weighted by molar-refractivity contribution is 0.748. The van der Waals surface area contributed by atoms with Gasteiger partial charge in [-0.15, -0.1) is 0 Å². The van der Waals surface area contributed by atoms with Crippen LogP contribution in [0.5, 0.6) is 0 Å². The topological polar surface area (TPSA) is 41.8 Å². The van der Waals surface area contributed by atoms with Crippen LogP contribution >= 0.6 is 34.8 Å². The van der Waals surface area contributed by atoms with E-state index >= 15 is 0 Å². The summed E-state index contributed by atoms with van der Waals surface area (Å²) in [5, 5.41) is 3.18. The number of unbranched alkanes of at least 4 members (excludes halogenated alkanes) is 1. The molecule has 3 rings (SSSR count). The highest BCUT2D eigenvalue weighted by Gasteiger charge is 2.16. The van der Waals surface area contributed by atoms with Crippen LogP contribution in [0.15, 0.2) is 36.4 Å². The van der Waals surface area contributed by atoms with Gasteiger partial charge in [0.1, 0.15) is 0 Å². The van der Waals surface area contributed by atoms with Crippen LogP contribution < -0.4 is 5.73 Å². The van der Waals surface area contributed by atoms with Gasteiger partial charge >= 0.3 is 0 Å². The summed E-state index contributed by atoms with van der Waals surface area (Å²) < 4.78 is 0. The third kappa shape index (κ3) is 3.51. The van der Waals surface area contributed by atoms with E-state index in [0.717, 1.165) is 46.4 Å². The molecule has 0 atom stereocenters. The second-order valence-electron chi connectivity index (χ2n) is 5.54. The predicted molar refractivity (Wildman–Crippen MR) is 101 cm³/mol. The maximum Gasteiger partial charge on any atom is 0.0512 e. The van der Waals surface area contributed by atoms with Crippen molar-refractivity contribution in [3.05, 3.63) is 57.0 Å². The number of nitrogens with two attached hydrogens (primary N) is 1. The lowest BCUT2D eigenvalue weighted by Gasteiger charge is -2.08. The van der Waals surface area contributed by atoms with Gasteiger partial charge in [-0.05, 0) is 67.8 Å². The summed E-state index contributed by atoms with van der Waals surface area (Å²) in [7, 11) is 0. The van der Waals surface area contributed by atoms with E-state index in [-0.39, 0.29) is 0 Å². The molecule has 1 aromatic heterocycles. The molecule has 0 fully saturated rings. The number of aryl methyl sites for hydroxylation is 1. The lowest BCUT2D eigenvalue weighted by atomic mass is 10.0. The summed E-state index contributed by atoms with van der Waals surface area (Å²) in [6.07, 6.45) is 2.91. The molecule has 0 amide bonds. The third-order valence-electron chi connectivity index (χ3n) is 3.95. The van der Waals surface area contributed by atoms with Gasteiger partial charge in [-0.3, -0.25) is 0 Å². The van der Waals surface area contributed by atoms with Crippen molar-refractivity contribution >= 4 is 45.7 Å². The summed E-state index contributed by atoms with van der Waals surface area (Å²) >= 11 is 18.7. The molecule has 0 aliphatic rings. The summed E-state index contributed by atoms with van der Waals surface area (Å²) in [5.74, 6) is 0. The van der Waals surface area contributed by atoms with E-state index in [1.54, 1.807) is 6.07 Å². The maximum absolute atomic E-state index is 6.40. The molecule has 3 aromatic rings. The van der Waals surface area contributed by atoms with E-state index in [1.807, 2.05) is 30.3 Å². The molecular weight excluding hydrogens is 351 g/mol. The van der Waals surface area contributed by atoms with Crippen LogP contribution in [-0.4, -0.2) is 11.5 Å². The zero-order valence-electron chi connectivity index (χ0n) is 12.5. The van der Waals surface area contributed by atoms with Crippen molar-refractivity contribution in [2.24, 2.45) is 5.73 Å². The standard InChI is InChI=1S/C18H17Cl3N2/c19-11-4-6-16(21)15(10-11)18-13(3-1-2-8-22)14-9-12(20)5-7-17(14)23-18/h4-7,9-10,23H,1-3,8,22H2. The molecule has 0 aliphatic carbocycles. The molecule has 3 N–H and O–H groups in total. The van der Waals surface area contributed by atoms with Gasteiger partial charge in [-0.2, -0.15) is 0 Å². The lowest BCUT2D eigenvalue weighted by Crippen LogP contribution is -1.99. The molecule has 0 saturated heterocycles. The van der Waals surface area contributed by atoms with E-state index in [0.29, 0.717) is 16.6 Å². The van der Waals surface area contributed by atoms with E-state index < -0.39 is 0 Å². The quantitative estimate of drug-likeness (QED) is 0.527. The average Bonchev–Trinajstić information content (AvgIpc) is 2.88. The molecule has 1 heterocycles. The molecule has 2 nitrogen and oxygen atoms in total. The van der Waals surface area contributed by atoms with Gasteiger partial charge in [0.2, 0.25) is 0 Å². The Morgan fingerprint density at radius 3 is 2.43 bits per heavy atom. The van der Waals surface area contributed by atoms with Crippen molar-refractivity contribution in [2.45, 2.75) is 19.3 Å². The molecule has 0 unspecified atom stereocenters. The van der Waals surface area contributed by atoms with Gasteiger partial charge in [0.05, 0.1) is 5.69 Å². The molecule has 23 heavy (non-hydrogen) atoms. The van der Waals surface area contributed by atoms with Crippen LogP contribution in [0.3, 0.4) is 0 Å². The smallest absolute Gasteiger partial charge is 0.0512 e. The fourth-order valence-corrected chi connectivity index (χ4v) is 3.40. The Bertz CT molecular complexity index is 840. The highest BCUT2D eigenvalue weighted by atomic mass is 35.5. The van der Waals surface area contributed by atoms with Crippen LogP contribution in [0, 0.1) is 0 Å². The van der Waals surface area contributed by atoms with Gasteiger partial charge in [-0.25, -0.2) is 0 Å². The summed E-state index contributed by atoms with van der Waals surface area (Å²) in [5.41, 5.74) is 9.80. The Balaban J connectivity index is 2.18. The summed E-state index contributed by atoms with van der Waals surface area (Å²) in [6.45, 7) is 0.691. The highest BCUT2D eigenvalue weighted by Crippen LogP contribution is 2.37. The van der Waals surface area contributed by atoms with E-state index in [4.69, 9.17) is 40.5 Å². The largest absolute Gasteiger partial charge is 0.354 e. The minimum absolute atomic E-state index is 0.661. The first-order valence-electron chi connectivity index (χ1n) is 7.55. The fraction of sp³-hybridized carbons (Fsp3) is 0.222. The molecule has 5 heteroatoms. The minimum atomic E-state index is 0.661. The normalized spacial score (nSPS) is 11.3. The van der Waals surface area contributed by atoms with Crippen molar-refractivity contribution in [3.8, 4) is 11.3 Å². The number of aromatic nitrogens is 1. The minimum Gasteiger partial charge on any atom is -0.354 e. The zero-order valence-corrected chi connectivity index (χ0v) is 14.8. The van der Waals surface area contributed by atoms with Crippen LogP contribution in [0.2, 0.25) is 15.1 Å². The number of H-pyrrole nitrogens is 1. The van der Waals surface area contributed by atoms with Crippen molar-refractivity contribution in [1.29, 1.82) is 0 Å². The molecule has 0 saturated carbocycles. The van der Waals surface area contributed by atoms with Crippen molar-refractivity contribution in [3.63, 3.8) is 0 Å². The second-order valence-corrected chi connectivity index (χ2v) is 6.82. The van der Waals surface area contributed by atoms with Gasteiger partial charge in [-0.1, -0.05) is 34.8 Å². The van der Waals surface area contributed by atoms with Crippen molar-refractivity contribution in [1.82, 2.24) is 4.98 Å². The number of aromatic amines is 1. The Morgan fingerprint density at radius 2 is 1.65 bits per heavy atom. The maximum atomic E-state index is 6.40. The molecule has 0 aliphatic heterocycles. The first-order valence-corrected chi connectivity index (χ1v) is 8.69. The second kappa shape index (κ2) is 7.14. The number of halogens is 3. The molecule has 0 spiro atoms. The van der Waals surface area contributed by atoms with Crippen LogP contribution in [0.1, 0.15) is 18.4 Å². The van der Waals surface area contributed by atoms with Gasteiger partial charge in [0.25, 0.3) is 0 Å². The zero-order chi connectivity index (χ0) is 16.4. The number of hydrogen-bond donors (Lipinski definition) is 2. The monoisotopic (exact) mass is 366 g/mol. The molecular formula is C18H17Cl3N2. The number of rotatable bonds is 5. The van der Waals surface area contributed by atoms with Crippen molar-refractivity contribution in [2.75, 3.05) is 6.54 Å². The summed E-state index contributed by atoms with van der Waals surface area (Å²) in [6, 6.07) is 11.4. The van der Waals surface area contributed by atoms with E-state index in [1.165, 1.54) is 5.56 Å². The SMILES string of the molecule is NCCCCc1c(-c2cc(Cl)ccc2Cl)[nH]c2ccc(Cl)cc12. The Kier molecular flexibility index (Phi) is 5.17. The molecule has 2 aromatic carbocycles. The molecule has 0 radical (unpaired) electrons. The number of fused-ring (bicyclic) bond motifs is 1. The first kappa shape index (κ1) is 16.7. The van der Waals surface area contributed by atoms with Crippen LogP contribution in [0.4, 0.5) is 0 Å². The Morgan fingerprint density at radius 1 is 0.913 bits per heavy atom. The average molecular weight is 368 g/mol. The third-order valence-corrected chi connectivity index (χ3v) is 4.75. The number of nitrogens with one attached hydrogen (secondary N) is 1. The predicted octanol–water partition coefficient (Wildman–Crippen LogP) is 6.08. The Labute approximate surface area is 150 Å². The highest BCUT2D eigenvalue weighted by molar-refractivity contribution is 6.35. The molecule has 0 bridgehead atoms. The Hall–Kier alpha value is -1.19.